The van der Waals surface area contributed by atoms with Crippen LogP contribution in [0.3, 0.4) is 0 Å². The second-order valence-electron chi connectivity index (χ2n) is 28.1. The SMILES string of the molecule is C=C1C[C@@H]2CC[C@]34C[C@@H]5O[C@H]6[C@@H](O3)[C@H]3O[C@H](CC[C@@H]3O[C@H]6[C@@H]5O4)CC(=O)O[C@@H]3[C@@H](C)[C@@H]4O[C@@H]5C[C@]6(C[C@@H]7O[C@]8(C[C@H](C)[C@@H]9C[C@H]([C@@H](O)C[C@@H](O)CO)C[C@@H]9O8)C[C@H](C)[C@@H]7O6)O[C@@H]5C[C@@H]4O[C@H]3C[C@H]3OC(CC[C@@H]1O2)C[C@@H](C)C3=C. The second kappa shape index (κ2) is 20.2. The van der Waals surface area contributed by atoms with Gasteiger partial charge in [0.25, 0.3) is 0 Å². The molecule has 1 aliphatic carbocycles. The van der Waals surface area contributed by atoms with Crippen molar-refractivity contribution in [1.82, 2.24) is 0 Å². The van der Waals surface area contributed by atoms with E-state index in [1.54, 1.807) is 0 Å². The highest BCUT2D eigenvalue weighted by Gasteiger charge is 2.70. The first-order chi connectivity index (χ1) is 38.0. The van der Waals surface area contributed by atoms with E-state index in [1.807, 2.05) is 0 Å². The maximum atomic E-state index is 14.6. The van der Waals surface area contributed by atoms with Crippen LogP contribution in [0.15, 0.2) is 24.3 Å². The summed E-state index contributed by atoms with van der Waals surface area (Å²) in [5.74, 6) is -2.09. The minimum atomic E-state index is -0.935. The third kappa shape index (κ3) is 9.44. The zero-order valence-electron chi connectivity index (χ0n) is 46.8. The number of aliphatic hydroxyl groups excluding tert-OH is 3. The average Bonchev–Trinajstić information content (AvgIpc) is 4.25. The normalized spacial score (nSPS) is 57.2. The zero-order valence-corrected chi connectivity index (χ0v) is 46.8. The number of esters is 1. The van der Waals surface area contributed by atoms with Gasteiger partial charge in [-0.3, -0.25) is 4.79 Å². The largest absolute Gasteiger partial charge is 0.459 e. The lowest BCUT2D eigenvalue weighted by Crippen LogP contribution is -2.62. The molecule has 3 spiro atoms. The molecule has 16 rings (SSSR count). The summed E-state index contributed by atoms with van der Waals surface area (Å²) in [6, 6.07) is 0. The quantitative estimate of drug-likeness (QED) is 0.225. The van der Waals surface area contributed by atoms with Crippen LogP contribution in [0.2, 0.25) is 0 Å². The molecule has 3 N–H and O–H groups in total. The van der Waals surface area contributed by atoms with Gasteiger partial charge in [-0.25, -0.2) is 0 Å². The Kier molecular flexibility index (Phi) is 13.8. The molecular weight excluding hydrogens is 1020 g/mol. The Hall–Kier alpha value is -1.69. The van der Waals surface area contributed by atoms with E-state index in [-0.39, 0.29) is 147 Å². The highest BCUT2D eigenvalue weighted by molar-refractivity contribution is 5.70. The van der Waals surface area contributed by atoms with Gasteiger partial charge in [-0.2, -0.15) is 0 Å². The van der Waals surface area contributed by atoms with Crippen LogP contribution in [0.1, 0.15) is 150 Å². The molecule has 18 nitrogen and oxygen atoms in total. The van der Waals surface area contributed by atoms with Gasteiger partial charge in [0.2, 0.25) is 0 Å². The maximum absolute atomic E-state index is 14.6. The predicted molar refractivity (Wildman–Crippen MR) is 277 cm³/mol. The summed E-state index contributed by atoms with van der Waals surface area (Å²) in [4.78, 5) is 14.6. The van der Waals surface area contributed by atoms with Crippen LogP contribution in [0.4, 0.5) is 0 Å². The minimum Gasteiger partial charge on any atom is -0.459 e. The van der Waals surface area contributed by atoms with Gasteiger partial charge in [-0.1, -0.05) is 40.9 Å². The Morgan fingerprint density at radius 3 is 2.06 bits per heavy atom. The molecule has 0 aromatic heterocycles. The molecule has 12 bridgehead atoms. The van der Waals surface area contributed by atoms with Crippen LogP contribution in [0.5, 0.6) is 0 Å². The number of ether oxygens (including phenoxy) is 14. The molecule has 1 unspecified atom stereocenters. The van der Waals surface area contributed by atoms with Crippen LogP contribution in [0, 0.1) is 35.5 Å². The lowest BCUT2D eigenvalue weighted by atomic mass is 9.77. The van der Waals surface area contributed by atoms with Gasteiger partial charge in [0.15, 0.2) is 17.4 Å². The molecule has 15 saturated heterocycles. The fraction of sp³-hybridized carbons (Fsp3) is 0.918. The van der Waals surface area contributed by atoms with E-state index in [0.29, 0.717) is 69.6 Å². The predicted octanol–water partition coefficient (Wildman–Crippen LogP) is 5.79. The van der Waals surface area contributed by atoms with Gasteiger partial charge in [0, 0.05) is 63.7 Å². The number of fused-ring (bicyclic) bond motifs is 10. The molecule has 16 fully saturated rings. The molecule has 1 saturated carbocycles. The summed E-state index contributed by atoms with van der Waals surface area (Å²) in [5.41, 5.74) is 2.16. The molecule has 18 heteroatoms. The molecular formula is C61H88O18. The highest BCUT2D eigenvalue weighted by atomic mass is 16.8. The van der Waals surface area contributed by atoms with E-state index in [2.05, 4.69) is 40.9 Å². The van der Waals surface area contributed by atoms with Gasteiger partial charge < -0.3 is 81.6 Å². The van der Waals surface area contributed by atoms with Crippen LogP contribution in [0.25, 0.3) is 0 Å². The van der Waals surface area contributed by atoms with Gasteiger partial charge >= 0.3 is 5.97 Å². The van der Waals surface area contributed by atoms with Crippen LogP contribution in [-0.2, 0) is 71.1 Å². The molecule has 16 aliphatic rings. The van der Waals surface area contributed by atoms with Crippen LogP contribution < -0.4 is 0 Å². The summed E-state index contributed by atoms with van der Waals surface area (Å²) < 4.78 is 97.5. The lowest BCUT2D eigenvalue weighted by Gasteiger charge is -2.51. The molecule has 440 valence electrons. The van der Waals surface area contributed by atoms with E-state index in [1.165, 1.54) is 0 Å². The van der Waals surface area contributed by atoms with E-state index in [0.717, 1.165) is 62.5 Å². The minimum absolute atomic E-state index is 0.00620. The third-order valence-corrected chi connectivity index (χ3v) is 22.6. The number of carbonyl (C=O) groups is 1. The fourth-order valence-corrected chi connectivity index (χ4v) is 18.8. The molecule has 32 atom stereocenters. The first-order valence-corrected chi connectivity index (χ1v) is 31.2. The Morgan fingerprint density at radius 2 is 1.20 bits per heavy atom. The van der Waals surface area contributed by atoms with Crippen molar-refractivity contribution in [3.8, 4) is 0 Å². The lowest BCUT2D eigenvalue weighted by molar-refractivity contribution is -0.346. The van der Waals surface area contributed by atoms with Crippen molar-refractivity contribution in [1.29, 1.82) is 0 Å². The number of hydrogen-bond donors (Lipinski definition) is 3. The standard InChI is InChI=1S/C61H88O18/c1-27-13-35-7-9-40-28(2)14-37(66-40)11-12-59-24-48-55(78-59)56-57(72-48)58(79-59)54-41(70-56)10-8-36(68-54)18-50(65)73-53-32(6)52-46(69-45(53)19-42(67-35)31(27)5)20-44-47(71-52)23-61(75-44)25-49-51(77-61)30(4)22-60(76-49)21-29(3)38-15-33(16-43(38)74-60)39(64)17-34(63)26-62/h27,29-30,32-49,51-58,62-64H,2,5,7-26H2,1,3-4,6H3/t27-,29+,30+,32+,33+,34-,35?,36-,37+,38+,39+,40+,41+,42-,43+,44-,45+,46+,47-,48+,49+,51+,52+,53-,54+,55-,56+,57-,58+,59-,60-,61+/m1/s1. The van der Waals surface area contributed by atoms with Gasteiger partial charge in [-0.05, 0) is 98.5 Å². The Morgan fingerprint density at radius 1 is 0.519 bits per heavy atom. The number of aliphatic hydroxyl groups is 3. The highest BCUT2D eigenvalue weighted by Crippen LogP contribution is 2.59. The van der Waals surface area contributed by atoms with Gasteiger partial charge in [0.05, 0.1) is 117 Å². The number of hydrogen-bond acceptors (Lipinski definition) is 18. The Labute approximate surface area is 464 Å². The first-order valence-electron chi connectivity index (χ1n) is 31.2. The van der Waals surface area contributed by atoms with E-state index >= 15 is 0 Å². The van der Waals surface area contributed by atoms with Crippen molar-refractivity contribution >= 4 is 5.97 Å². The molecule has 0 radical (unpaired) electrons. The average molecular weight is 1110 g/mol. The molecule has 0 aromatic rings. The monoisotopic (exact) mass is 1110 g/mol. The van der Waals surface area contributed by atoms with Crippen molar-refractivity contribution in [2.75, 3.05) is 6.61 Å². The van der Waals surface area contributed by atoms with Crippen molar-refractivity contribution < 1.29 is 86.4 Å². The summed E-state index contributed by atoms with van der Waals surface area (Å²) in [6.07, 6.45) is 5.08. The molecule has 0 amide bonds. The van der Waals surface area contributed by atoms with E-state index in [9.17, 15) is 20.1 Å². The van der Waals surface area contributed by atoms with E-state index < -0.39 is 60.1 Å². The van der Waals surface area contributed by atoms with Crippen LogP contribution >= 0.6 is 0 Å². The molecule has 15 aliphatic heterocycles. The summed E-state index contributed by atoms with van der Waals surface area (Å²) in [5, 5.41) is 30.6. The smallest absolute Gasteiger partial charge is 0.308 e. The maximum Gasteiger partial charge on any atom is 0.308 e. The topological polar surface area (TPSA) is 207 Å². The van der Waals surface area contributed by atoms with Crippen molar-refractivity contribution in [3.05, 3.63) is 24.3 Å². The number of rotatable bonds is 4. The van der Waals surface area contributed by atoms with Crippen LogP contribution in [-0.4, -0.2) is 186 Å². The van der Waals surface area contributed by atoms with Crippen molar-refractivity contribution in [2.45, 2.75) is 307 Å². The van der Waals surface area contributed by atoms with Crippen molar-refractivity contribution in [2.24, 2.45) is 35.5 Å². The van der Waals surface area contributed by atoms with Crippen molar-refractivity contribution in [3.63, 3.8) is 0 Å². The zero-order chi connectivity index (χ0) is 54.0. The van der Waals surface area contributed by atoms with Gasteiger partial charge in [-0.15, -0.1) is 0 Å². The third-order valence-electron chi connectivity index (χ3n) is 22.6. The summed E-state index contributed by atoms with van der Waals surface area (Å²) in [7, 11) is 0. The van der Waals surface area contributed by atoms with E-state index in [4.69, 9.17) is 66.3 Å². The summed E-state index contributed by atoms with van der Waals surface area (Å²) in [6.45, 7) is 17.6. The second-order valence-corrected chi connectivity index (χ2v) is 28.1. The molecule has 0 aromatic carbocycles. The van der Waals surface area contributed by atoms with Gasteiger partial charge in [0.1, 0.15) is 36.6 Å². The number of carbonyl (C=O) groups excluding carboxylic acids is 1. The molecule has 15 heterocycles. The Balaban J connectivity index is 0.655. The first kappa shape index (κ1) is 54.0. The fourth-order valence-electron chi connectivity index (χ4n) is 18.8. The molecule has 79 heavy (non-hydrogen) atoms. The Bertz CT molecular complexity index is 2340. The summed E-state index contributed by atoms with van der Waals surface area (Å²) >= 11 is 0.